The number of carbonyl (C=O) groups excluding carboxylic acids is 3. The van der Waals surface area contributed by atoms with Crippen LogP contribution in [0.2, 0.25) is 0 Å². The standard InChI is InChI=1S/C35H52Br2N4O4/c1-40(18-23-6-2-4-8-27(23)36)32(44)29(11-24-17-38-28-9-5-3-7-26(24)28)39-31(43)30-12-25(42)19-41(30)33(45)34-13-21-10-22(14-34)16-35(37,15-21)20-34/h17,21-23,25-30,38,42H,2-16,18-20H2,1H3,(H,39,43)/t21?,22?,23?,25-,26?,27?,28?,29?,30?,34?,35?/m1/s1. The summed E-state index contributed by atoms with van der Waals surface area (Å²) in [5, 5.41) is 17.6. The number of likely N-dealkylation sites (N-methyl/N-ethyl adjacent to an activating group) is 1. The van der Waals surface area contributed by atoms with Crippen molar-refractivity contribution in [3.63, 3.8) is 0 Å². The summed E-state index contributed by atoms with van der Waals surface area (Å²) in [6, 6.07) is -1.03. The molecule has 45 heavy (non-hydrogen) atoms. The summed E-state index contributed by atoms with van der Waals surface area (Å²) in [5.41, 5.74) is 0.770. The average molecular weight is 753 g/mol. The minimum atomic E-state index is -0.754. The van der Waals surface area contributed by atoms with Crippen molar-refractivity contribution in [2.24, 2.45) is 29.1 Å². The van der Waals surface area contributed by atoms with Gasteiger partial charge in [-0.1, -0.05) is 57.5 Å². The van der Waals surface area contributed by atoms with Crippen molar-refractivity contribution < 1.29 is 19.5 Å². The molecule has 8 unspecified atom stereocenters. The lowest BCUT2D eigenvalue weighted by Gasteiger charge is -2.60. The quantitative estimate of drug-likeness (QED) is 0.303. The van der Waals surface area contributed by atoms with Gasteiger partial charge in [0.1, 0.15) is 12.1 Å². The minimum Gasteiger partial charge on any atom is -0.391 e. The fraction of sp³-hybridized carbons (Fsp3) is 0.857. The number of halogens is 2. The van der Waals surface area contributed by atoms with Crippen LogP contribution in [0, 0.1) is 29.1 Å². The van der Waals surface area contributed by atoms with Gasteiger partial charge in [0.05, 0.1) is 11.5 Å². The summed E-state index contributed by atoms with van der Waals surface area (Å²) in [4.78, 5) is 46.7. The molecule has 9 atom stereocenters. The number of alkyl halides is 2. The lowest BCUT2D eigenvalue weighted by Crippen LogP contribution is -2.61. The number of fused-ring (bicyclic) bond motifs is 1. The highest BCUT2D eigenvalue weighted by Crippen LogP contribution is 2.65. The molecule has 2 aliphatic heterocycles. The van der Waals surface area contributed by atoms with E-state index in [2.05, 4.69) is 48.7 Å². The maximum atomic E-state index is 14.4. The van der Waals surface area contributed by atoms with Gasteiger partial charge in [-0.3, -0.25) is 14.4 Å². The number of likely N-dealkylation sites (tertiary alicyclic amines) is 1. The highest BCUT2D eigenvalue weighted by atomic mass is 79.9. The molecule has 8 aliphatic rings. The first-order valence-corrected chi connectivity index (χ1v) is 19.6. The Morgan fingerprint density at radius 2 is 1.78 bits per heavy atom. The Bertz CT molecular complexity index is 1200. The van der Waals surface area contributed by atoms with Crippen molar-refractivity contribution in [3.05, 3.63) is 11.8 Å². The van der Waals surface area contributed by atoms with Gasteiger partial charge in [-0.05, 0) is 100 Å². The van der Waals surface area contributed by atoms with Crippen LogP contribution in [-0.4, -0.2) is 86.1 Å². The summed E-state index contributed by atoms with van der Waals surface area (Å²) < 4.78 is 0.0252. The number of rotatable bonds is 8. The first-order chi connectivity index (χ1) is 21.5. The molecule has 7 fully saturated rings. The largest absolute Gasteiger partial charge is 0.391 e. The zero-order valence-corrected chi connectivity index (χ0v) is 30.0. The van der Waals surface area contributed by atoms with Crippen LogP contribution >= 0.6 is 31.9 Å². The molecule has 1 saturated heterocycles. The monoisotopic (exact) mass is 750 g/mol. The molecule has 2 heterocycles. The van der Waals surface area contributed by atoms with Crippen LogP contribution < -0.4 is 10.6 Å². The van der Waals surface area contributed by atoms with E-state index in [1.54, 1.807) is 4.90 Å². The second-order valence-electron chi connectivity index (χ2n) is 16.2. The molecular formula is C35H52Br2N4O4. The Morgan fingerprint density at radius 1 is 1.07 bits per heavy atom. The smallest absolute Gasteiger partial charge is 0.245 e. The summed E-state index contributed by atoms with van der Waals surface area (Å²) in [6.45, 7) is 0.853. The second kappa shape index (κ2) is 12.7. The van der Waals surface area contributed by atoms with Gasteiger partial charge in [-0.15, -0.1) is 0 Å². The number of aliphatic hydroxyl groups excluding tert-OH is 1. The van der Waals surface area contributed by atoms with Crippen molar-refractivity contribution in [1.29, 1.82) is 0 Å². The van der Waals surface area contributed by atoms with Crippen LogP contribution in [0.1, 0.15) is 103 Å². The predicted molar refractivity (Wildman–Crippen MR) is 181 cm³/mol. The lowest BCUT2D eigenvalue weighted by molar-refractivity contribution is -0.159. The molecule has 10 heteroatoms. The van der Waals surface area contributed by atoms with Crippen LogP contribution in [0.5, 0.6) is 0 Å². The Morgan fingerprint density at radius 3 is 2.51 bits per heavy atom. The van der Waals surface area contributed by atoms with Crippen LogP contribution in [0.4, 0.5) is 0 Å². The van der Waals surface area contributed by atoms with E-state index < -0.39 is 23.6 Å². The summed E-state index contributed by atoms with van der Waals surface area (Å²) >= 11 is 7.90. The molecule has 8 nitrogen and oxygen atoms in total. The van der Waals surface area contributed by atoms with Gasteiger partial charge < -0.3 is 25.5 Å². The number of β-amino-alcohol motifs (C(OH)–C–C–N with tert-alkyl or cyclic N) is 1. The third-order valence-corrected chi connectivity index (χ3v) is 14.9. The number of carbonyl (C=O) groups is 3. The van der Waals surface area contributed by atoms with Crippen LogP contribution in [0.25, 0.3) is 0 Å². The molecule has 250 valence electrons. The first kappa shape index (κ1) is 32.4. The number of nitrogens with one attached hydrogen (secondary N) is 2. The maximum Gasteiger partial charge on any atom is 0.245 e. The Labute approximate surface area is 285 Å². The second-order valence-corrected chi connectivity index (χ2v) is 19.0. The molecule has 0 aromatic carbocycles. The van der Waals surface area contributed by atoms with Gasteiger partial charge >= 0.3 is 0 Å². The van der Waals surface area contributed by atoms with E-state index in [9.17, 15) is 19.5 Å². The van der Waals surface area contributed by atoms with Crippen molar-refractivity contribution in [1.82, 2.24) is 20.4 Å². The number of nitrogens with zero attached hydrogens (tertiary/aromatic N) is 2. The van der Waals surface area contributed by atoms with Crippen LogP contribution in [0.3, 0.4) is 0 Å². The SMILES string of the molecule is CN(CC1CCCCC1Br)C(=O)C(CC1=CNC2CCCCC12)NC(=O)C1C[C@@H](O)CN1C(=O)C12CC3CC(CC(Br)(C3)C1)C2. The number of amides is 3. The van der Waals surface area contributed by atoms with Crippen LogP contribution in [-0.2, 0) is 14.4 Å². The average Bonchev–Trinajstić information content (AvgIpc) is 3.59. The summed E-state index contributed by atoms with van der Waals surface area (Å²) in [7, 11) is 1.87. The van der Waals surface area contributed by atoms with E-state index >= 15 is 0 Å². The van der Waals surface area contributed by atoms with E-state index in [1.165, 1.54) is 37.7 Å². The number of hydrogen-bond acceptors (Lipinski definition) is 5. The fourth-order valence-electron chi connectivity index (χ4n) is 11.1. The molecule has 3 N–H and O–H groups in total. The van der Waals surface area contributed by atoms with Gasteiger partial charge in [-0.25, -0.2) is 0 Å². The topological polar surface area (TPSA) is 102 Å². The predicted octanol–water partition coefficient (Wildman–Crippen LogP) is 5.02. The minimum absolute atomic E-state index is 0.0252. The lowest BCUT2D eigenvalue weighted by atomic mass is 9.49. The molecule has 0 radical (unpaired) electrons. The van der Waals surface area contributed by atoms with Gasteiger partial charge in [-0.2, -0.15) is 0 Å². The van der Waals surface area contributed by atoms with Crippen molar-refractivity contribution in [2.45, 2.75) is 136 Å². The molecule has 6 aliphatic carbocycles. The maximum absolute atomic E-state index is 14.4. The van der Waals surface area contributed by atoms with E-state index in [1.807, 2.05) is 11.9 Å². The van der Waals surface area contributed by atoms with Crippen molar-refractivity contribution in [3.8, 4) is 0 Å². The molecule has 6 saturated carbocycles. The van der Waals surface area contributed by atoms with Crippen LogP contribution in [0.15, 0.2) is 11.8 Å². The van der Waals surface area contributed by atoms with Gasteiger partial charge in [0.2, 0.25) is 17.7 Å². The summed E-state index contributed by atoms with van der Waals surface area (Å²) in [5.74, 6) is 1.58. The normalized spacial score (nSPS) is 42.5. The molecule has 8 rings (SSSR count). The third-order valence-electron chi connectivity index (χ3n) is 12.8. The highest BCUT2D eigenvalue weighted by Gasteiger charge is 2.61. The third kappa shape index (κ3) is 6.39. The van der Waals surface area contributed by atoms with Crippen molar-refractivity contribution in [2.75, 3.05) is 20.1 Å². The zero-order valence-electron chi connectivity index (χ0n) is 26.8. The van der Waals surface area contributed by atoms with E-state index in [-0.39, 0.29) is 35.0 Å². The summed E-state index contributed by atoms with van der Waals surface area (Å²) in [6.07, 6.45) is 17.4. The Balaban J connectivity index is 1.09. The molecule has 4 bridgehead atoms. The Hall–Kier alpha value is -1.13. The first-order valence-electron chi connectivity index (χ1n) is 17.8. The number of aliphatic hydroxyl groups is 1. The fourth-order valence-corrected chi connectivity index (χ4v) is 13.3. The molecular weight excluding hydrogens is 700 g/mol. The highest BCUT2D eigenvalue weighted by molar-refractivity contribution is 9.10. The van der Waals surface area contributed by atoms with E-state index in [4.69, 9.17) is 0 Å². The zero-order chi connectivity index (χ0) is 31.5. The van der Waals surface area contributed by atoms with E-state index in [0.717, 1.165) is 57.8 Å². The van der Waals surface area contributed by atoms with Gasteiger partial charge in [0, 0.05) is 47.7 Å². The van der Waals surface area contributed by atoms with Crippen molar-refractivity contribution >= 4 is 49.6 Å². The number of hydrogen-bond donors (Lipinski definition) is 3. The van der Waals surface area contributed by atoms with E-state index in [0.29, 0.717) is 47.5 Å². The molecule has 0 aromatic rings. The molecule has 0 aromatic heterocycles. The van der Waals surface area contributed by atoms with Gasteiger partial charge in [0.15, 0.2) is 0 Å². The Kier molecular flexibility index (Phi) is 9.16. The van der Waals surface area contributed by atoms with Gasteiger partial charge in [0.25, 0.3) is 0 Å². The molecule has 3 amide bonds. The molecule has 0 spiro atoms.